The summed E-state index contributed by atoms with van der Waals surface area (Å²) in [4.78, 5) is 0. The van der Waals surface area contributed by atoms with Crippen molar-refractivity contribution in [3.8, 4) is 11.8 Å². The number of allylic oxidation sites excluding steroid dienone is 2. The van der Waals surface area contributed by atoms with Crippen molar-refractivity contribution in [2.24, 2.45) is 23.7 Å². The molecular weight excluding hydrogens is 400 g/mol. The van der Waals surface area contributed by atoms with E-state index in [1.165, 1.54) is 76.7 Å². The zero-order chi connectivity index (χ0) is 22.3. The third-order valence-electron chi connectivity index (χ3n) is 7.36. The molecule has 0 aromatic heterocycles. The van der Waals surface area contributed by atoms with Crippen LogP contribution in [0.4, 0.5) is 17.6 Å². The summed E-state index contributed by atoms with van der Waals surface area (Å²) in [5, 5.41) is 0. The lowest BCUT2D eigenvalue weighted by Crippen LogP contribution is -2.17. The quantitative estimate of drug-likeness (QED) is 0.322. The molecule has 4 heteroatoms. The lowest BCUT2D eigenvalue weighted by Gasteiger charge is -2.31. The Labute approximate surface area is 184 Å². The molecule has 0 amide bonds. The Morgan fingerprint density at radius 1 is 0.903 bits per heavy atom. The van der Waals surface area contributed by atoms with Crippen LogP contribution in [0.1, 0.15) is 88.7 Å². The Morgan fingerprint density at radius 2 is 1.48 bits per heavy atom. The summed E-state index contributed by atoms with van der Waals surface area (Å²) in [5.41, 5.74) is -0.995. The van der Waals surface area contributed by atoms with E-state index in [2.05, 4.69) is 24.8 Å². The number of halogens is 4. The Hall–Kier alpha value is -1.76. The van der Waals surface area contributed by atoms with Crippen molar-refractivity contribution >= 4 is 0 Å². The summed E-state index contributed by atoms with van der Waals surface area (Å²) in [6.45, 7) is 2.32. The first-order chi connectivity index (χ1) is 14.8. The van der Waals surface area contributed by atoms with Crippen LogP contribution in [0.2, 0.25) is 0 Å². The van der Waals surface area contributed by atoms with Crippen LogP contribution in [0.5, 0.6) is 0 Å². The highest BCUT2D eigenvalue weighted by molar-refractivity contribution is 5.39. The lowest BCUT2D eigenvalue weighted by atomic mass is 9.75. The van der Waals surface area contributed by atoms with E-state index < -0.39 is 17.6 Å². The minimum absolute atomic E-state index is 0.256. The van der Waals surface area contributed by atoms with Gasteiger partial charge in [0.25, 0.3) is 0 Å². The van der Waals surface area contributed by atoms with Gasteiger partial charge >= 0.3 is 6.18 Å². The summed E-state index contributed by atoms with van der Waals surface area (Å²) < 4.78 is 51.4. The van der Waals surface area contributed by atoms with Crippen LogP contribution in [0, 0.1) is 41.3 Å². The van der Waals surface area contributed by atoms with Gasteiger partial charge in [-0.3, -0.25) is 0 Å². The van der Waals surface area contributed by atoms with E-state index in [9.17, 15) is 17.6 Å². The molecule has 0 radical (unpaired) electrons. The number of rotatable bonds is 5. The van der Waals surface area contributed by atoms with Crippen LogP contribution in [0.25, 0.3) is 0 Å². The Morgan fingerprint density at radius 3 is 2.03 bits per heavy atom. The molecule has 0 aliphatic heterocycles. The SMILES string of the molecule is CCC1CCC(CCC2CCC(/C=C/C#Cc3ccc(C(F)(F)F)c(F)c3)CC2)CC1. The molecule has 0 spiro atoms. The van der Waals surface area contributed by atoms with Crippen molar-refractivity contribution in [3.05, 3.63) is 47.3 Å². The van der Waals surface area contributed by atoms with Gasteiger partial charge in [0.2, 0.25) is 0 Å². The third-order valence-corrected chi connectivity index (χ3v) is 7.36. The summed E-state index contributed by atoms with van der Waals surface area (Å²) >= 11 is 0. The second kappa shape index (κ2) is 11.2. The molecule has 1 aromatic carbocycles. The zero-order valence-corrected chi connectivity index (χ0v) is 18.5. The van der Waals surface area contributed by atoms with E-state index in [0.29, 0.717) is 5.92 Å². The molecule has 0 saturated heterocycles. The van der Waals surface area contributed by atoms with E-state index in [1.807, 2.05) is 0 Å². The Balaban J connectivity index is 1.38. The Kier molecular flexibility index (Phi) is 8.64. The molecule has 0 nitrogen and oxygen atoms in total. The zero-order valence-electron chi connectivity index (χ0n) is 18.5. The maximum absolute atomic E-state index is 13.6. The van der Waals surface area contributed by atoms with Gasteiger partial charge in [-0.05, 0) is 73.6 Å². The van der Waals surface area contributed by atoms with E-state index >= 15 is 0 Å². The molecule has 1 aromatic rings. The molecular formula is C27H34F4. The van der Waals surface area contributed by atoms with Crippen LogP contribution in [-0.4, -0.2) is 0 Å². The van der Waals surface area contributed by atoms with Crippen molar-refractivity contribution in [3.63, 3.8) is 0 Å². The number of benzene rings is 1. The molecule has 3 rings (SSSR count). The topological polar surface area (TPSA) is 0 Å². The normalized spacial score (nSPS) is 27.1. The van der Waals surface area contributed by atoms with E-state index in [1.54, 1.807) is 6.08 Å². The van der Waals surface area contributed by atoms with Gasteiger partial charge in [0.1, 0.15) is 5.82 Å². The minimum Gasteiger partial charge on any atom is -0.206 e. The highest BCUT2D eigenvalue weighted by atomic mass is 19.4. The summed E-state index contributed by atoms with van der Waals surface area (Å²) in [5.74, 6) is 7.60. The highest BCUT2D eigenvalue weighted by Gasteiger charge is 2.33. The molecule has 2 aliphatic carbocycles. The highest BCUT2D eigenvalue weighted by Crippen LogP contribution is 2.37. The number of alkyl halides is 3. The molecule has 2 saturated carbocycles. The number of hydrogen-bond donors (Lipinski definition) is 0. The fourth-order valence-corrected chi connectivity index (χ4v) is 5.20. The van der Waals surface area contributed by atoms with Gasteiger partial charge < -0.3 is 0 Å². The fraction of sp³-hybridized carbons (Fsp3) is 0.630. The van der Waals surface area contributed by atoms with Crippen LogP contribution in [0.15, 0.2) is 30.4 Å². The van der Waals surface area contributed by atoms with E-state index in [-0.39, 0.29) is 5.56 Å². The monoisotopic (exact) mass is 434 g/mol. The van der Waals surface area contributed by atoms with Crippen LogP contribution < -0.4 is 0 Å². The summed E-state index contributed by atoms with van der Waals surface area (Å²) in [7, 11) is 0. The van der Waals surface area contributed by atoms with Crippen molar-refractivity contribution in [2.75, 3.05) is 0 Å². The van der Waals surface area contributed by atoms with Crippen molar-refractivity contribution < 1.29 is 17.6 Å². The summed E-state index contributed by atoms with van der Waals surface area (Å²) in [6.07, 6.45) is 13.9. The molecule has 170 valence electrons. The van der Waals surface area contributed by atoms with E-state index in [4.69, 9.17) is 0 Å². The van der Waals surface area contributed by atoms with Gasteiger partial charge in [-0.25, -0.2) is 4.39 Å². The maximum atomic E-state index is 13.6. The average Bonchev–Trinajstić information content (AvgIpc) is 2.75. The molecule has 31 heavy (non-hydrogen) atoms. The first-order valence-corrected chi connectivity index (χ1v) is 11.9. The first kappa shape index (κ1) is 23.9. The standard InChI is InChI=1S/C27H34F4/c1-2-20-7-9-22(10-8-20)15-16-23-13-11-21(12-14-23)5-3-4-6-24-17-18-25(26(28)19-24)27(29,30)31/h3,5,17-23H,2,7-16H2,1H3/b5-3+. The fourth-order valence-electron chi connectivity index (χ4n) is 5.20. The number of hydrogen-bond acceptors (Lipinski definition) is 0. The van der Waals surface area contributed by atoms with Gasteiger partial charge in [0, 0.05) is 5.56 Å². The molecule has 0 bridgehead atoms. The molecule has 2 aliphatic rings. The van der Waals surface area contributed by atoms with Gasteiger partial charge in [0.05, 0.1) is 5.56 Å². The smallest absolute Gasteiger partial charge is 0.206 e. The third kappa shape index (κ3) is 7.41. The minimum atomic E-state index is -4.68. The van der Waals surface area contributed by atoms with Gasteiger partial charge in [-0.1, -0.05) is 69.8 Å². The second-order valence-electron chi connectivity index (χ2n) is 9.47. The second-order valence-corrected chi connectivity index (χ2v) is 9.47. The van der Waals surface area contributed by atoms with Gasteiger partial charge in [0.15, 0.2) is 0 Å². The van der Waals surface area contributed by atoms with Gasteiger partial charge in [-0.15, -0.1) is 0 Å². The lowest BCUT2D eigenvalue weighted by molar-refractivity contribution is -0.140. The predicted octanol–water partition coefficient (Wildman–Crippen LogP) is 8.56. The van der Waals surface area contributed by atoms with Crippen molar-refractivity contribution in [2.45, 2.75) is 83.7 Å². The molecule has 0 N–H and O–H groups in total. The maximum Gasteiger partial charge on any atom is 0.419 e. The predicted molar refractivity (Wildman–Crippen MR) is 118 cm³/mol. The first-order valence-electron chi connectivity index (χ1n) is 11.9. The summed E-state index contributed by atoms with van der Waals surface area (Å²) in [6, 6.07) is 2.82. The van der Waals surface area contributed by atoms with Crippen molar-refractivity contribution in [1.82, 2.24) is 0 Å². The van der Waals surface area contributed by atoms with Gasteiger partial charge in [-0.2, -0.15) is 13.2 Å². The van der Waals surface area contributed by atoms with Crippen LogP contribution in [0.3, 0.4) is 0 Å². The largest absolute Gasteiger partial charge is 0.419 e. The average molecular weight is 435 g/mol. The Bertz CT molecular complexity index is 780. The molecule has 0 heterocycles. The van der Waals surface area contributed by atoms with Crippen LogP contribution >= 0.6 is 0 Å². The van der Waals surface area contributed by atoms with E-state index in [0.717, 1.165) is 29.9 Å². The molecule has 0 unspecified atom stereocenters. The molecule has 0 atom stereocenters. The van der Waals surface area contributed by atoms with Crippen molar-refractivity contribution in [1.29, 1.82) is 0 Å². The van der Waals surface area contributed by atoms with Crippen LogP contribution in [-0.2, 0) is 6.18 Å². The molecule has 2 fully saturated rings.